The third-order valence-corrected chi connectivity index (χ3v) is 5.89. The van der Waals surface area contributed by atoms with Crippen LogP contribution < -0.4 is 10.2 Å². The molecule has 2 aliphatic rings. The average Bonchev–Trinajstić information content (AvgIpc) is 3.54. The fourth-order valence-corrected chi connectivity index (χ4v) is 4.09. The van der Waals surface area contributed by atoms with Crippen LogP contribution in [0.1, 0.15) is 46.7 Å². The SMILES string of the molecule is Cc1cccc(N2CCCc3nc(C4(NC(=O)c5ccc(F)cc5)CC4)ccc32)n1. The van der Waals surface area contributed by atoms with Gasteiger partial charge in [-0.2, -0.15) is 0 Å². The summed E-state index contributed by atoms with van der Waals surface area (Å²) < 4.78 is 13.2. The van der Waals surface area contributed by atoms with Crippen molar-refractivity contribution < 1.29 is 9.18 Å². The van der Waals surface area contributed by atoms with Crippen LogP contribution >= 0.6 is 0 Å². The number of rotatable bonds is 4. The van der Waals surface area contributed by atoms with Crippen molar-refractivity contribution in [2.75, 3.05) is 11.4 Å². The Morgan fingerprint density at radius 3 is 2.60 bits per heavy atom. The van der Waals surface area contributed by atoms with E-state index < -0.39 is 5.54 Å². The van der Waals surface area contributed by atoms with Gasteiger partial charge in [-0.15, -0.1) is 0 Å². The Labute approximate surface area is 175 Å². The Kier molecular flexibility index (Phi) is 4.50. The molecule has 0 saturated heterocycles. The van der Waals surface area contributed by atoms with Gasteiger partial charge in [-0.1, -0.05) is 6.07 Å². The third-order valence-electron chi connectivity index (χ3n) is 5.89. The van der Waals surface area contributed by atoms with Crippen molar-refractivity contribution in [3.05, 3.63) is 83.1 Å². The number of hydrogen-bond donors (Lipinski definition) is 1. The summed E-state index contributed by atoms with van der Waals surface area (Å²) in [6, 6.07) is 15.8. The number of fused-ring (bicyclic) bond motifs is 1. The lowest BCUT2D eigenvalue weighted by Gasteiger charge is -2.31. The fraction of sp³-hybridized carbons (Fsp3) is 0.292. The van der Waals surface area contributed by atoms with E-state index in [2.05, 4.69) is 21.3 Å². The molecule has 1 aliphatic heterocycles. The molecule has 152 valence electrons. The number of carbonyl (C=O) groups is 1. The molecule has 0 spiro atoms. The first-order valence-corrected chi connectivity index (χ1v) is 10.3. The molecule has 1 fully saturated rings. The fourth-order valence-electron chi connectivity index (χ4n) is 4.09. The molecule has 1 saturated carbocycles. The largest absolute Gasteiger partial charge is 0.341 e. The van der Waals surface area contributed by atoms with E-state index in [0.29, 0.717) is 5.56 Å². The van der Waals surface area contributed by atoms with Crippen LogP contribution in [0.2, 0.25) is 0 Å². The maximum atomic E-state index is 13.2. The van der Waals surface area contributed by atoms with Gasteiger partial charge >= 0.3 is 0 Å². The van der Waals surface area contributed by atoms with Crippen LogP contribution in [-0.4, -0.2) is 22.4 Å². The van der Waals surface area contributed by atoms with Crippen molar-refractivity contribution in [2.45, 2.75) is 38.1 Å². The second-order valence-corrected chi connectivity index (χ2v) is 8.10. The number of aromatic nitrogens is 2. The Morgan fingerprint density at radius 2 is 1.87 bits per heavy atom. The summed E-state index contributed by atoms with van der Waals surface area (Å²) in [6.07, 6.45) is 3.63. The second-order valence-electron chi connectivity index (χ2n) is 8.10. The van der Waals surface area contributed by atoms with Crippen LogP contribution in [-0.2, 0) is 12.0 Å². The number of pyridine rings is 2. The number of hydrogen-bond acceptors (Lipinski definition) is 4. The number of anilines is 2. The zero-order valence-corrected chi connectivity index (χ0v) is 16.9. The molecule has 6 heteroatoms. The van der Waals surface area contributed by atoms with Gasteiger partial charge < -0.3 is 10.2 Å². The van der Waals surface area contributed by atoms with Gasteiger partial charge in [0, 0.05) is 17.8 Å². The first-order chi connectivity index (χ1) is 14.5. The summed E-state index contributed by atoms with van der Waals surface area (Å²) in [7, 11) is 0. The van der Waals surface area contributed by atoms with E-state index in [4.69, 9.17) is 4.98 Å². The number of nitrogens with zero attached hydrogens (tertiary/aromatic N) is 3. The van der Waals surface area contributed by atoms with Crippen LogP contribution in [0.4, 0.5) is 15.9 Å². The summed E-state index contributed by atoms with van der Waals surface area (Å²) in [4.78, 5) is 24.5. The molecule has 30 heavy (non-hydrogen) atoms. The molecule has 3 heterocycles. The Balaban J connectivity index is 1.41. The molecule has 1 N–H and O–H groups in total. The molecular formula is C24H23FN4O. The van der Waals surface area contributed by atoms with E-state index in [9.17, 15) is 9.18 Å². The molecule has 2 aromatic heterocycles. The van der Waals surface area contributed by atoms with E-state index in [1.165, 1.54) is 24.3 Å². The number of nitrogens with one attached hydrogen (secondary N) is 1. The monoisotopic (exact) mass is 402 g/mol. The molecule has 0 unspecified atom stereocenters. The lowest BCUT2D eigenvalue weighted by atomic mass is 10.0. The van der Waals surface area contributed by atoms with Crippen molar-refractivity contribution >= 4 is 17.4 Å². The molecule has 1 amide bonds. The molecule has 0 bridgehead atoms. The molecule has 3 aromatic rings. The molecule has 1 aromatic carbocycles. The van der Waals surface area contributed by atoms with Crippen LogP contribution in [0.15, 0.2) is 54.6 Å². The van der Waals surface area contributed by atoms with E-state index in [1.807, 2.05) is 31.2 Å². The summed E-state index contributed by atoms with van der Waals surface area (Å²) in [6.45, 7) is 2.91. The van der Waals surface area contributed by atoms with Crippen LogP contribution in [0, 0.1) is 12.7 Å². The van der Waals surface area contributed by atoms with Gasteiger partial charge in [0.25, 0.3) is 5.91 Å². The maximum Gasteiger partial charge on any atom is 0.252 e. The summed E-state index contributed by atoms with van der Waals surface area (Å²) in [5.41, 5.74) is 4.05. The highest BCUT2D eigenvalue weighted by Gasteiger charge is 2.47. The molecule has 5 rings (SSSR count). The van der Waals surface area contributed by atoms with E-state index in [0.717, 1.165) is 60.8 Å². The predicted molar refractivity (Wildman–Crippen MR) is 113 cm³/mol. The highest BCUT2D eigenvalue weighted by Crippen LogP contribution is 2.46. The Bertz CT molecular complexity index is 1110. The van der Waals surface area contributed by atoms with E-state index >= 15 is 0 Å². The number of benzene rings is 1. The lowest BCUT2D eigenvalue weighted by molar-refractivity contribution is 0.0929. The lowest BCUT2D eigenvalue weighted by Crippen LogP contribution is -2.36. The van der Waals surface area contributed by atoms with Gasteiger partial charge in [-0.25, -0.2) is 9.37 Å². The standard InChI is InChI=1S/C24H23FN4O/c1-16-4-2-6-22(26-16)29-15-3-5-19-20(29)11-12-21(27-19)24(13-14-24)28-23(30)17-7-9-18(25)10-8-17/h2,4,6-12H,3,5,13-15H2,1H3,(H,28,30). The number of carbonyl (C=O) groups excluding carboxylic acids is 1. The van der Waals surface area contributed by atoms with Crippen LogP contribution in [0.25, 0.3) is 0 Å². The third kappa shape index (κ3) is 3.43. The van der Waals surface area contributed by atoms with Gasteiger partial charge in [-0.3, -0.25) is 9.78 Å². The van der Waals surface area contributed by atoms with Crippen molar-refractivity contribution in [2.24, 2.45) is 0 Å². The Hall–Kier alpha value is -3.28. The molecule has 0 radical (unpaired) electrons. The highest BCUT2D eigenvalue weighted by atomic mass is 19.1. The van der Waals surface area contributed by atoms with Crippen LogP contribution in [0.3, 0.4) is 0 Å². The van der Waals surface area contributed by atoms with Crippen LogP contribution in [0.5, 0.6) is 0 Å². The van der Waals surface area contributed by atoms with E-state index in [-0.39, 0.29) is 11.7 Å². The Morgan fingerprint density at radius 1 is 1.07 bits per heavy atom. The van der Waals surface area contributed by atoms with Gasteiger partial charge in [0.2, 0.25) is 0 Å². The normalized spacial score (nSPS) is 16.7. The highest BCUT2D eigenvalue weighted by molar-refractivity contribution is 5.95. The van der Waals surface area contributed by atoms with Gasteiger partial charge in [0.05, 0.1) is 22.6 Å². The summed E-state index contributed by atoms with van der Waals surface area (Å²) >= 11 is 0. The molecular weight excluding hydrogens is 379 g/mol. The quantitative estimate of drug-likeness (QED) is 0.702. The first-order valence-electron chi connectivity index (χ1n) is 10.3. The van der Waals surface area contributed by atoms with Crippen molar-refractivity contribution in [3.8, 4) is 0 Å². The zero-order valence-electron chi connectivity index (χ0n) is 16.9. The van der Waals surface area contributed by atoms with Crippen molar-refractivity contribution in [3.63, 3.8) is 0 Å². The second kappa shape index (κ2) is 7.20. The minimum Gasteiger partial charge on any atom is -0.341 e. The van der Waals surface area contributed by atoms with Crippen molar-refractivity contribution in [1.82, 2.24) is 15.3 Å². The van der Waals surface area contributed by atoms with Gasteiger partial charge in [0.15, 0.2) is 0 Å². The van der Waals surface area contributed by atoms with E-state index in [1.54, 1.807) is 0 Å². The predicted octanol–water partition coefficient (Wildman–Crippen LogP) is 4.43. The first kappa shape index (κ1) is 18.7. The number of aryl methyl sites for hydroxylation is 2. The minimum absolute atomic E-state index is 0.197. The zero-order chi connectivity index (χ0) is 20.7. The molecule has 1 aliphatic carbocycles. The number of amides is 1. The summed E-state index contributed by atoms with van der Waals surface area (Å²) in [5, 5.41) is 3.13. The van der Waals surface area contributed by atoms with Crippen molar-refractivity contribution in [1.29, 1.82) is 0 Å². The topological polar surface area (TPSA) is 58.1 Å². The molecule has 0 atom stereocenters. The maximum absolute atomic E-state index is 13.2. The van der Waals surface area contributed by atoms with Gasteiger partial charge in [0.1, 0.15) is 11.6 Å². The smallest absolute Gasteiger partial charge is 0.252 e. The summed E-state index contributed by atoms with van der Waals surface area (Å²) in [5.74, 6) is 0.394. The van der Waals surface area contributed by atoms with Gasteiger partial charge in [-0.05, 0) is 81.1 Å². The number of halogens is 1. The molecule has 5 nitrogen and oxygen atoms in total. The minimum atomic E-state index is -0.426. The average molecular weight is 402 g/mol.